The number of hydrogen-bond acceptors (Lipinski definition) is 2. The largest absolute Gasteiger partial charge is 0.416 e. The van der Waals surface area contributed by atoms with Gasteiger partial charge in [-0.25, -0.2) is 0 Å². The van der Waals surface area contributed by atoms with Crippen LogP contribution in [0.15, 0.2) is 24.3 Å². The van der Waals surface area contributed by atoms with Gasteiger partial charge in [0.2, 0.25) is 0 Å². The van der Waals surface area contributed by atoms with E-state index in [9.17, 15) is 13.2 Å². The molecule has 1 aromatic rings. The molecule has 1 aliphatic rings. The second-order valence-corrected chi connectivity index (χ2v) is 6.75. The summed E-state index contributed by atoms with van der Waals surface area (Å²) in [5.41, 5.74) is 0.201. The highest BCUT2D eigenvalue weighted by Gasteiger charge is 2.31. The lowest BCUT2D eigenvalue weighted by atomic mass is 9.90. The van der Waals surface area contributed by atoms with Crippen LogP contribution in [0.5, 0.6) is 0 Å². The summed E-state index contributed by atoms with van der Waals surface area (Å²) in [7, 11) is 0. The van der Waals surface area contributed by atoms with E-state index in [4.69, 9.17) is 0 Å². The molecule has 0 aliphatic carbocycles. The third-order valence-electron chi connectivity index (χ3n) is 3.98. The van der Waals surface area contributed by atoms with Gasteiger partial charge in [0.1, 0.15) is 0 Å². The van der Waals surface area contributed by atoms with Crippen LogP contribution in [0, 0.1) is 5.92 Å². The molecule has 1 aromatic carbocycles. The fraction of sp³-hybridized carbons (Fsp3) is 0.625. The molecular formula is C16H22F3NS. The number of alkyl halides is 3. The Labute approximate surface area is 128 Å². The maximum atomic E-state index is 12.9. The van der Waals surface area contributed by atoms with Crippen molar-refractivity contribution >= 4 is 11.8 Å². The zero-order chi connectivity index (χ0) is 15.3. The Balaban J connectivity index is 2.13. The first-order valence-electron chi connectivity index (χ1n) is 7.49. The Morgan fingerprint density at radius 1 is 1.29 bits per heavy atom. The summed E-state index contributed by atoms with van der Waals surface area (Å²) in [5.74, 6) is 2.96. The van der Waals surface area contributed by atoms with E-state index in [2.05, 4.69) is 5.32 Å². The van der Waals surface area contributed by atoms with Gasteiger partial charge in [0.25, 0.3) is 0 Å². The molecule has 0 radical (unpaired) electrons. The SMILES string of the molecule is CCNC(CC1CCSCC1)c1cccc(C(F)(F)F)c1. The molecule has 1 nitrogen and oxygen atoms in total. The molecule has 0 amide bonds. The summed E-state index contributed by atoms with van der Waals surface area (Å²) in [4.78, 5) is 0. The lowest BCUT2D eigenvalue weighted by Gasteiger charge is -2.27. The molecule has 118 valence electrons. The molecule has 0 spiro atoms. The van der Waals surface area contributed by atoms with Crippen LogP contribution in [-0.2, 0) is 6.18 Å². The minimum atomic E-state index is -4.27. The summed E-state index contributed by atoms with van der Waals surface area (Å²) >= 11 is 1.97. The van der Waals surface area contributed by atoms with Gasteiger partial charge in [-0.05, 0) is 60.9 Å². The fourth-order valence-electron chi connectivity index (χ4n) is 2.83. The van der Waals surface area contributed by atoms with E-state index < -0.39 is 11.7 Å². The molecule has 0 bridgehead atoms. The van der Waals surface area contributed by atoms with E-state index in [-0.39, 0.29) is 6.04 Å². The van der Waals surface area contributed by atoms with Crippen LogP contribution in [0.3, 0.4) is 0 Å². The third kappa shape index (κ3) is 4.92. The number of thioether (sulfide) groups is 1. The maximum Gasteiger partial charge on any atom is 0.416 e. The van der Waals surface area contributed by atoms with Crippen LogP contribution in [-0.4, -0.2) is 18.1 Å². The molecular weight excluding hydrogens is 295 g/mol. The van der Waals surface area contributed by atoms with Crippen LogP contribution < -0.4 is 5.32 Å². The molecule has 1 aliphatic heterocycles. The molecule has 1 saturated heterocycles. The van der Waals surface area contributed by atoms with Crippen LogP contribution >= 0.6 is 11.8 Å². The van der Waals surface area contributed by atoms with Gasteiger partial charge in [0.05, 0.1) is 5.56 Å². The lowest BCUT2D eigenvalue weighted by Crippen LogP contribution is -2.25. The van der Waals surface area contributed by atoms with Crippen molar-refractivity contribution in [2.45, 2.75) is 38.4 Å². The Morgan fingerprint density at radius 2 is 2.00 bits per heavy atom. The van der Waals surface area contributed by atoms with Gasteiger partial charge in [-0.3, -0.25) is 0 Å². The summed E-state index contributed by atoms with van der Waals surface area (Å²) < 4.78 is 38.6. The zero-order valence-electron chi connectivity index (χ0n) is 12.2. The van der Waals surface area contributed by atoms with Gasteiger partial charge >= 0.3 is 6.18 Å². The lowest BCUT2D eigenvalue weighted by molar-refractivity contribution is -0.137. The number of benzene rings is 1. The normalized spacial score (nSPS) is 18.7. The van der Waals surface area contributed by atoms with Crippen LogP contribution in [0.4, 0.5) is 13.2 Å². The fourth-order valence-corrected chi connectivity index (χ4v) is 4.03. The Morgan fingerprint density at radius 3 is 2.62 bits per heavy atom. The number of halogens is 3. The van der Waals surface area contributed by atoms with E-state index in [1.807, 2.05) is 18.7 Å². The molecule has 2 rings (SSSR count). The van der Waals surface area contributed by atoms with E-state index in [1.165, 1.54) is 36.5 Å². The molecule has 1 N–H and O–H groups in total. The minimum Gasteiger partial charge on any atom is -0.310 e. The Kier molecular flexibility index (Phi) is 5.99. The summed E-state index contributed by atoms with van der Waals surface area (Å²) in [6, 6.07) is 5.78. The molecule has 1 unspecified atom stereocenters. The quantitative estimate of drug-likeness (QED) is 0.830. The van der Waals surface area contributed by atoms with Crippen molar-refractivity contribution in [3.63, 3.8) is 0 Å². The number of nitrogens with one attached hydrogen (secondary N) is 1. The summed E-state index contributed by atoms with van der Waals surface area (Å²) in [5, 5.41) is 3.35. The monoisotopic (exact) mass is 317 g/mol. The zero-order valence-corrected chi connectivity index (χ0v) is 13.1. The second-order valence-electron chi connectivity index (χ2n) is 5.52. The van der Waals surface area contributed by atoms with Crippen molar-refractivity contribution in [2.24, 2.45) is 5.92 Å². The van der Waals surface area contributed by atoms with Crippen molar-refractivity contribution in [1.82, 2.24) is 5.32 Å². The van der Waals surface area contributed by atoms with Crippen molar-refractivity contribution in [3.8, 4) is 0 Å². The van der Waals surface area contributed by atoms with Crippen molar-refractivity contribution in [2.75, 3.05) is 18.1 Å². The van der Waals surface area contributed by atoms with Gasteiger partial charge in [-0.2, -0.15) is 24.9 Å². The summed E-state index contributed by atoms with van der Waals surface area (Å²) in [6.07, 6.45) is -0.999. The average Bonchev–Trinajstić information content (AvgIpc) is 2.47. The first-order valence-corrected chi connectivity index (χ1v) is 8.64. The number of hydrogen-bond donors (Lipinski definition) is 1. The molecule has 5 heteroatoms. The van der Waals surface area contributed by atoms with E-state index in [1.54, 1.807) is 6.07 Å². The Hall–Kier alpha value is -0.680. The van der Waals surface area contributed by atoms with Gasteiger partial charge < -0.3 is 5.32 Å². The topological polar surface area (TPSA) is 12.0 Å². The van der Waals surface area contributed by atoms with E-state index in [0.717, 1.165) is 24.6 Å². The van der Waals surface area contributed by atoms with Gasteiger partial charge in [0.15, 0.2) is 0 Å². The van der Waals surface area contributed by atoms with Crippen molar-refractivity contribution < 1.29 is 13.2 Å². The molecule has 0 aromatic heterocycles. The van der Waals surface area contributed by atoms with Crippen molar-refractivity contribution in [3.05, 3.63) is 35.4 Å². The highest BCUT2D eigenvalue weighted by molar-refractivity contribution is 7.99. The molecule has 1 atom stereocenters. The molecule has 1 fully saturated rings. The minimum absolute atomic E-state index is 0.0189. The van der Waals surface area contributed by atoms with Gasteiger partial charge in [-0.1, -0.05) is 19.1 Å². The van der Waals surface area contributed by atoms with E-state index >= 15 is 0 Å². The molecule has 1 heterocycles. The first-order chi connectivity index (χ1) is 10.0. The van der Waals surface area contributed by atoms with Crippen molar-refractivity contribution in [1.29, 1.82) is 0 Å². The van der Waals surface area contributed by atoms with E-state index in [0.29, 0.717) is 5.92 Å². The predicted octanol–water partition coefficient (Wildman–Crippen LogP) is 4.89. The average molecular weight is 317 g/mol. The molecule has 21 heavy (non-hydrogen) atoms. The van der Waals surface area contributed by atoms with Gasteiger partial charge in [-0.15, -0.1) is 0 Å². The predicted molar refractivity (Wildman–Crippen MR) is 82.5 cm³/mol. The number of rotatable bonds is 5. The van der Waals surface area contributed by atoms with Crippen LogP contribution in [0.25, 0.3) is 0 Å². The molecule has 0 saturated carbocycles. The smallest absolute Gasteiger partial charge is 0.310 e. The second kappa shape index (κ2) is 7.54. The van der Waals surface area contributed by atoms with Gasteiger partial charge in [0, 0.05) is 6.04 Å². The Bertz CT molecular complexity index is 441. The standard InChI is InChI=1S/C16H22F3NS/c1-2-20-15(10-12-6-8-21-9-7-12)13-4-3-5-14(11-13)16(17,18)19/h3-5,11-12,15,20H,2,6-10H2,1H3. The first kappa shape index (κ1) is 16.7. The van der Waals surface area contributed by atoms with Crippen LogP contribution in [0.1, 0.15) is 43.4 Å². The third-order valence-corrected chi connectivity index (χ3v) is 5.03. The highest BCUT2D eigenvalue weighted by Crippen LogP contribution is 2.34. The van der Waals surface area contributed by atoms with Crippen LogP contribution in [0.2, 0.25) is 0 Å². The maximum absolute atomic E-state index is 12.9. The summed E-state index contributed by atoms with van der Waals surface area (Å²) in [6.45, 7) is 2.76. The highest BCUT2D eigenvalue weighted by atomic mass is 32.2.